The van der Waals surface area contributed by atoms with Crippen molar-refractivity contribution >= 4 is 0 Å². The summed E-state index contributed by atoms with van der Waals surface area (Å²) in [5.41, 5.74) is -0.486. The normalized spacial score (nSPS) is 22.2. The molecule has 1 aliphatic heterocycles. The van der Waals surface area contributed by atoms with Crippen LogP contribution in [0.2, 0.25) is 0 Å². The summed E-state index contributed by atoms with van der Waals surface area (Å²) in [5.74, 6) is 1.28. The lowest BCUT2D eigenvalue weighted by Gasteiger charge is -2.17. The van der Waals surface area contributed by atoms with Crippen LogP contribution in [0.5, 0.6) is 0 Å². The number of ether oxygens (including phenoxy) is 1. The summed E-state index contributed by atoms with van der Waals surface area (Å²) in [6, 6.07) is 0.221. The molecule has 1 aromatic rings. The zero-order valence-corrected chi connectivity index (χ0v) is 9.41. The van der Waals surface area contributed by atoms with Gasteiger partial charge in [-0.2, -0.15) is 4.98 Å². The zero-order valence-electron chi connectivity index (χ0n) is 9.41. The monoisotopic (exact) mass is 211 g/mol. The van der Waals surface area contributed by atoms with Crippen molar-refractivity contribution in [3.63, 3.8) is 0 Å². The SMILES string of the molecule is COC(C)(C)c1noc([C@@H]2CCCN2)n1. The van der Waals surface area contributed by atoms with E-state index >= 15 is 0 Å². The van der Waals surface area contributed by atoms with Gasteiger partial charge in [-0.15, -0.1) is 0 Å². The van der Waals surface area contributed by atoms with Crippen molar-refractivity contribution in [3.8, 4) is 0 Å². The van der Waals surface area contributed by atoms with Crippen LogP contribution in [0.4, 0.5) is 0 Å². The molecule has 0 bridgehead atoms. The van der Waals surface area contributed by atoms with Gasteiger partial charge in [0.1, 0.15) is 5.60 Å². The van der Waals surface area contributed by atoms with Gasteiger partial charge in [0.05, 0.1) is 6.04 Å². The molecule has 0 aromatic carbocycles. The average molecular weight is 211 g/mol. The standard InChI is InChI=1S/C10H17N3O2/c1-10(2,14-3)9-12-8(15-13-9)7-5-4-6-11-7/h7,11H,4-6H2,1-3H3/t7-/m0/s1. The molecule has 0 aliphatic carbocycles. The first-order valence-electron chi connectivity index (χ1n) is 5.26. The Hall–Kier alpha value is -0.940. The van der Waals surface area contributed by atoms with Gasteiger partial charge in [-0.05, 0) is 33.2 Å². The molecule has 1 atom stereocenters. The third-order valence-electron chi connectivity index (χ3n) is 2.85. The molecule has 0 spiro atoms. The van der Waals surface area contributed by atoms with Crippen molar-refractivity contribution in [2.75, 3.05) is 13.7 Å². The van der Waals surface area contributed by atoms with E-state index in [9.17, 15) is 0 Å². The second-order valence-corrected chi connectivity index (χ2v) is 4.32. The molecule has 1 aromatic heterocycles. The van der Waals surface area contributed by atoms with Crippen LogP contribution in [0.3, 0.4) is 0 Å². The lowest BCUT2D eigenvalue weighted by atomic mass is 10.1. The minimum absolute atomic E-state index is 0.221. The molecule has 5 heteroatoms. The topological polar surface area (TPSA) is 60.2 Å². The number of hydrogen-bond donors (Lipinski definition) is 1. The molecule has 15 heavy (non-hydrogen) atoms. The summed E-state index contributed by atoms with van der Waals surface area (Å²) in [5, 5.41) is 7.27. The number of nitrogens with one attached hydrogen (secondary N) is 1. The van der Waals surface area contributed by atoms with Crippen LogP contribution in [0.1, 0.15) is 44.4 Å². The lowest BCUT2D eigenvalue weighted by Crippen LogP contribution is -2.21. The Kier molecular flexibility index (Phi) is 2.75. The van der Waals surface area contributed by atoms with E-state index in [-0.39, 0.29) is 6.04 Å². The summed E-state index contributed by atoms with van der Waals surface area (Å²) in [7, 11) is 1.64. The van der Waals surface area contributed by atoms with Crippen LogP contribution in [0.15, 0.2) is 4.52 Å². The average Bonchev–Trinajstić information content (AvgIpc) is 2.88. The van der Waals surface area contributed by atoms with E-state index in [0.717, 1.165) is 19.4 Å². The summed E-state index contributed by atoms with van der Waals surface area (Å²) in [6.45, 7) is 4.86. The Morgan fingerprint density at radius 2 is 2.33 bits per heavy atom. The van der Waals surface area contributed by atoms with Crippen LogP contribution in [-0.4, -0.2) is 23.8 Å². The van der Waals surface area contributed by atoms with Gasteiger partial charge in [-0.25, -0.2) is 0 Å². The Morgan fingerprint density at radius 1 is 1.53 bits per heavy atom. The highest BCUT2D eigenvalue weighted by molar-refractivity contribution is 5.01. The van der Waals surface area contributed by atoms with E-state index in [1.165, 1.54) is 0 Å². The van der Waals surface area contributed by atoms with Crippen molar-refractivity contribution in [1.82, 2.24) is 15.5 Å². The van der Waals surface area contributed by atoms with Crippen molar-refractivity contribution in [1.29, 1.82) is 0 Å². The Morgan fingerprint density at radius 3 is 2.93 bits per heavy atom. The second-order valence-electron chi connectivity index (χ2n) is 4.32. The molecule has 2 rings (SSSR count). The second kappa shape index (κ2) is 3.90. The predicted octanol–water partition coefficient (Wildman–Crippen LogP) is 1.38. The molecule has 5 nitrogen and oxygen atoms in total. The molecule has 0 amide bonds. The molecule has 0 unspecified atom stereocenters. The number of aromatic nitrogens is 2. The molecule has 84 valence electrons. The predicted molar refractivity (Wildman–Crippen MR) is 54.3 cm³/mol. The van der Waals surface area contributed by atoms with Crippen LogP contribution in [-0.2, 0) is 10.3 Å². The van der Waals surface area contributed by atoms with Gasteiger partial charge in [0.25, 0.3) is 0 Å². The van der Waals surface area contributed by atoms with Gasteiger partial charge < -0.3 is 14.6 Å². The number of rotatable bonds is 3. The molecular weight excluding hydrogens is 194 g/mol. The van der Waals surface area contributed by atoms with Crippen LogP contribution < -0.4 is 5.32 Å². The summed E-state index contributed by atoms with van der Waals surface area (Å²) < 4.78 is 10.5. The summed E-state index contributed by atoms with van der Waals surface area (Å²) in [4.78, 5) is 4.37. The van der Waals surface area contributed by atoms with Gasteiger partial charge in [0.2, 0.25) is 11.7 Å². The van der Waals surface area contributed by atoms with Gasteiger partial charge in [0, 0.05) is 7.11 Å². The van der Waals surface area contributed by atoms with Crippen molar-refractivity contribution in [2.24, 2.45) is 0 Å². The van der Waals surface area contributed by atoms with E-state index in [0.29, 0.717) is 11.7 Å². The van der Waals surface area contributed by atoms with E-state index in [1.54, 1.807) is 7.11 Å². The first-order valence-corrected chi connectivity index (χ1v) is 5.26. The highest BCUT2D eigenvalue weighted by Gasteiger charge is 2.29. The zero-order chi connectivity index (χ0) is 10.9. The largest absolute Gasteiger partial charge is 0.371 e. The Bertz CT molecular complexity index is 329. The summed E-state index contributed by atoms with van der Waals surface area (Å²) in [6.07, 6.45) is 2.23. The molecule has 2 heterocycles. The maximum atomic E-state index is 5.29. The van der Waals surface area contributed by atoms with Crippen LogP contribution >= 0.6 is 0 Å². The van der Waals surface area contributed by atoms with E-state index in [4.69, 9.17) is 9.26 Å². The van der Waals surface area contributed by atoms with Gasteiger partial charge >= 0.3 is 0 Å². The Balaban J connectivity index is 2.16. The first kappa shape index (κ1) is 10.6. The first-order chi connectivity index (χ1) is 7.13. The van der Waals surface area contributed by atoms with Crippen molar-refractivity contribution < 1.29 is 9.26 Å². The van der Waals surface area contributed by atoms with Crippen molar-refractivity contribution in [2.45, 2.75) is 38.3 Å². The maximum Gasteiger partial charge on any atom is 0.243 e. The van der Waals surface area contributed by atoms with Gasteiger partial charge in [-0.3, -0.25) is 0 Å². The quantitative estimate of drug-likeness (QED) is 0.818. The maximum absolute atomic E-state index is 5.29. The number of nitrogens with zero attached hydrogens (tertiary/aromatic N) is 2. The number of hydrogen-bond acceptors (Lipinski definition) is 5. The van der Waals surface area contributed by atoms with Gasteiger partial charge in [0.15, 0.2) is 0 Å². The minimum Gasteiger partial charge on any atom is -0.371 e. The minimum atomic E-state index is -0.486. The molecular formula is C10H17N3O2. The molecule has 1 saturated heterocycles. The van der Waals surface area contributed by atoms with E-state index in [1.807, 2.05) is 13.8 Å². The van der Waals surface area contributed by atoms with Crippen LogP contribution in [0.25, 0.3) is 0 Å². The molecule has 0 radical (unpaired) electrons. The molecule has 1 N–H and O–H groups in total. The fourth-order valence-electron chi connectivity index (χ4n) is 1.61. The molecule has 0 saturated carbocycles. The lowest BCUT2D eigenvalue weighted by molar-refractivity contribution is 0.00973. The smallest absolute Gasteiger partial charge is 0.243 e. The fraction of sp³-hybridized carbons (Fsp3) is 0.800. The van der Waals surface area contributed by atoms with E-state index in [2.05, 4.69) is 15.5 Å². The fourth-order valence-corrected chi connectivity index (χ4v) is 1.61. The highest BCUT2D eigenvalue weighted by Crippen LogP contribution is 2.25. The van der Waals surface area contributed by atoms with E-state index < -0.39 is 5.60 Å². The van der Waals surface area contributed by atoms with Crippen LogP contribution in [0, 0.1) is 0 Å². The molecule has 1 fully saturated rings. The number of methoxy groups -OCH3 is 1. The Labute approximate surface area is 89.2 Å². The van der Waals surface area contributed by atoms with Gasteiger partial charge in [-0.1, -0.05) is 5.16 Å². The highest BCUT2D eigenvalue weighted by atomic mass is 16.5. The third kappa shape index (κ3) is 2.03. The summed E-state index contributed by atoms with van der Waals surface area (Å²) >= 11 is 0. The molecule has 1 aliphatic rings. The van der Waals surface area contributed by atoms with Crippen molar-refractivity contribution in [3.05, 3.63) is 11.7 Å². The third-order valence-corrected chi connectivity index (χ3v) is 2.85.